The van der Waals surface area contributed by atoms with Gasteiger partial charge in [-0.05, 0) is 42.9 Å². The summed E-state index contributed by atoms with van der Waals surface area (Å²) in [4.78, 5) is 16.4. The number of amides is 1. The van der Waals surface area contributed by atoms with Gasteiger partial charge in [-0.2, -0.15) is 4.98 Å². The molecule has 160 valence electrons. The Bertz CT molecular complexity index is 758. The summed E-state index contributed by atoms with van der Waals surface area (Å²) in [6.45, 7) is 7.51. The van der Waals surface area contributed by atoms with Crippen LogP contribution in [0.3, 0.4) is 0 Å². The summed E-state index contributed by atoms with van der Waals surface area (Å²) in [5, 5.41) is 6.86. The van der Waals surface area contributed by atoms with Crippen LogP contribution < -0.4 is 14.8 Å². The van der Waals surface area contributed by atoms with Crippen molar-refractivity contribution < 1.29 is 18.8 Å². The monoisotopic (exact) mass is 403 g/mol. The molecule has 0 spiro atoms. The van der Waals surface area contributed by atoms with Crippen LogP contribution in [0.4, 0.5) is 0 Å². The number of methoxy groups -OCH3 is 1. The maximum Gasteiger partial charge on any atom is 0.226 e. The molecule has 1 aromatic heterocycles. The summed E-state index contributed by atoms with van der Waals surface area (Å²) in [7, 11) is 1.62. The fourth-order valence-electron chi connectivity index (χ4n) is 2.75. The molecule has 0 aliphatic heterocycles. The van der Waals surface area contributed by atoms with Gasteiger partial charge in [-0.25, -0.2) is 0 Å². The lowest BCUT2D eigenvalue weighted by atomic mass is 10.1. The van der Waals surface area contributed by atoms with Gasteiger partial charge in [-0.15, -0.1) is 0 Å². The minimum absolute atomic E-state index is 0.00507. The minimum atomic E-state index is -0.00507. The van der Waals surface area contributed by atoms with E-state index in [4.69, 9.17) is 14.0 Å². The zero-order chi connectivity index (χ0) is 21.1. The van der Waals surface area contributed by atoms with E-state index in [0.29, 0.717) is 50.0 Å². The highest BCUT2D eigenvalue weighted by Gasteiger charge is 2.09. The first-order chi connectivity index (χ1) is 14.0. The molecule has 0 aliphatic carbocycles. The number of aryl methyl sites for hydroxylation is 2. The number of benzene rings is 1. The topological polar surface area (TPSA) is 86.5 Å². The lowest BCUT2D eigenvalue weighted by Gasteiger charge is -2.13. The van der Waals surface area contributed by atoms with E-state index in [1.807, 2.05) is 18.2 Å². The van der Waals surface area contributed by atoms with E-state index in [9.17, 15) is 4.79 Å². The number of carbonyl (C=O) groups is 1. The first-order valence-corrected chi connectivity index (χ1v) is 10.4. The zero-order valence-corrected chi connectivity index (χ0v) is 18.0. The van der Waals surface area contributed by atoms with Gasteiger partial charge < -0.3 is 19.3 Å². The van der Waals surface area contributed by atoms with E-state index in [-0.39, 0.29) is 5.91 Å². The van der Waals surface area contributed by atoms with Gasteiger partial charge in [-0.1, -0.05) is 32.0 Å². The van der Waals surface area contributed by atoms with E-state index < -0.39 is 0 Å². The minimum Gasteiger partial charge on any atom is -0.493 e. The number of carbonyl (C=O) groups excluding carboxylic acids is 1. The molecule has 0 atom stereocenters. The number of ether oxygens (including phenoxy) is 2. The van der Waals surface area contributed by atoms with E-state index in [2.05, 4.69) is 36.2 Å². The van der Waals surface area contributed by atoms with Crippen LogP contribution in [0, 0.1) is 5.92 Å². The summed E-state index contributed by atoms with van der Waals surface area (Å²) in [6, 6.07) is 5.74. The molecule has 1 aromatic carbocycles. The molecule has 0 fully saturated rings. The molecule has 7 heteroatoms. The van der Waals surface area contributed by atoms with E-state index >= 15 is 0 Å². The van der Waals surface area contributed by atoms with Crippen molar-refractivity contribution in [1.82, 2.24) is 15.5 Å². The van der Waals surface area contributed by atoms with Crippen LogP contribution in [0.25, 0.3) is 0 Å². The lowest BCUT2D eigenvalue weighted by Crippen LogP contribution is -2.22. The standard InChI is InChI=1S/C22H33N3O4/c1-5-7-20-24-22(29-25-20)9-6-8-21(26)23-15-17-10-11-18(19(14-17)27-4)28-13-12-16(2)3/h10-11,14,16H,5-9,12-13,15H2,1-4H3,(H,23,26). The molecule has 0 bridgehead atoms. The largest absolute Gasteiger partial charge is 0.493 e. The summed E-state index contributed by atoms with van der Waals surface area (Å²) in [5.74, 6) is 3.32. The Morgan fingerprint density at radius 3 is 2.79 bits per heavy atom. The summed E-state index contributed by atoms with van der Waals surface area (Å²) in [6.07, 6.45) is 4.49. The Morgan fingerprint density at radius 2 is 2.07 bits per heavy atom. The summed E-state index contributed by atoms with van der Waals surface area (Å²) >= 11 is 0. The van der Waals surface area contributed by atoms with Crippen molar-refractivity contribution in [3.8, 4) is 11.5 Å². The van der Waals surface area contributed by atoms with Crippen LogP contribution in [0.5, 0.6) is 11.5 Å². The van der Waals surface area contributed by atoms with Gasteiger partial charge >= 0.3 is 0 Å². The molecule has 1 N–H and O–H groups in total. The SMILES string of the molecule is CCCc1noc(CCCC(=O)NCc2ccc(OCCC(C)C)c(OC)c2)n1. The number of aromatic nitrogens is 2. The first-order valence-electron chi connectivity index (χ1n) is 10.4. The second-order valence-electron chi connectivity index (χ2n) is 7.50. The van der Waals surface area contributed by atoms with Gasteiger partial charge in [0.15, 0.2) is 17.3 Å². The molecule has 0 radical (unpaired) electrons. The second-order valence-corrected chi connectivity index (χ2v) is 7.50. The number of nitrogens with zero attached hydrogens (tertiary/aromatic N) is 2. The van der Waals surface area contributed by atoms with Crippen LogP contribution in [0.1, 0.15) is 63.7 Å². The lowest BCUT2D eigenvalue weighted by molar-refractivity contribution is -0.121. The molecular formula is C22H33N3O4. The molecule has 1 heterocycles. The van der Waals surface area contributed by atoms with Crippen LogP contribution in [-0.4, -0.2) is 29.8 Å². The zero-order valence-electron chi connectivity index (χ0n) is 18.0. The Morgan fingerprint density at radius 1 is 1.24 bits per heavy atom. The van der Waals surface area contributed by atoms with E-state index in [0.717, 1.165) is 36.4 Å². The van der Waals surface area contributed by atoms with Gasteiger partial charge in [0.25, 0.3) is 0 Å². The smallest absolute Gasteiger partial charge is 0.226 e. The van der Waals surface area contributed by atoms with Crippen molar-refractivity contribution in [3.05, 3.63) is 35.5 Å². The predicted octanol–water partition coefficient (Wildman–Crippen LogP) is 4.09. The maximum absolute atomic E-state index is 12.1. The fraction of sp³-hybridized carbons (Fsp3) is 0.591. The normalized spacial score (nSPS) is 10.9. The molecule has 2 aromatic rings. The third kappa shape index (κ3) is 8.13. The Balaban J connectivity index is 1.74. The van der Waals surface area contributed by atoms with Crippen molar-refractivity contribution in [2.45, 2.75) is 65.8 Å². The molecule has 0 saturated carbocycles. The molecule has 1 amide bonds. The Kier molecular flexibility index (Phi) is 9.47. The maximum atomic E-state index is 12.1. The second kappa shape index (κ2) is 12.1. The average molecular weight is 404 g/mol. The van der Waals surface area contributed by atoms with Crippen LogP contribution >= 0.6 is 0 Å². The van der Waals surface area contributed by atoms with Crippen molar-refractivity contribution in [3.63, 3.8) is 0 Å². The molecule has 29 heavy (non-hydrogen) atoms. The van der Waals surface area contributed by atoms with E-state index in [1.165, 1.54) is 0 Å². The quantitative estimate of drug-likeness (QED) is 0.542. The highest BCUT2D eigenvalue weighted by molar-refractivity contribution is 5.75. The number of hydrogen-bond acceptors (Lipinski definition) is 6. The first kappa shape index (κ1) is 22.7. The van der Waals surface area contributed by atoms with Crippen LogP contribution in [0.2, 0.25) is 0 Å². The molecular weight excluding hydrogens is 370 g/mol. The van der Waals surface area contributed by atoms with Crippen molar-refractivity contribution in [2.75, 3.05) is 13.7 Å². The molecule has 7 nitrogen and oxygen atoms in total. The molecule has 2 rings (SSSR count). The third-order valence-electron chi connectivity index (χ3n) is 4.45. The summed E-state index contributed by atoms with van der Waals surface area (Å²) in [5.41, 5.74) is 0.965. The third-order valence-corrected chi connectivity index (χ3v) is 4.45. The molecule has 0 aliphatic rings. The molecule has 0 saturated heterocycles. The average Bonchev–Trinajstić information content (AvgIpc) is 3.14. The van der Waals surface area contributed by atoms with Gasteiger partial charge in [0.05, 0.1) is 13.7 Å². The van der Waals surface area contributed by atoms with Crippen LogP contribution in [0.15, 0.2) is 22.7 Å². The van der Waals surface area contributed by atoms with Gasteiger partial charge in [0.1, 0.15) is 0 Å². The van der Waals surface area contributed by atoms with E-state index in [1.54, 1.807) is 7.11 Å². The van der Waals surface area contributed by atoms with Gasteiger partial charge in [-0.3, -0.25) is 4.79 Å². The number of rotatable bonds is 13. The van der Waals surface area contributed by atoms with Crippen LogP contribution in [-0.2, 0) is 24.2 Å². The number of hydrogen-bond donors (Lipinski definition) is 1. The fourth-order valence-corrected chi connectivity index (χ4v) is 2.75. The van der Waals surface area contributed by atoms with Gasteiger partial charge in [0, 0.05) is 25.8 Å². The molecule has 0 unspecified atom stereocenters. The highest BCUT2D eigenvalue weighted by Crippen LogP contribution is 2.28. The van der Waals surface area contributed by atoms with Crippen molar-refractivity contribution in [1.29, 1.82) is 0 Å². The van der Waals surface area contributed by atoms with Crippen molar-refractivity contribution in [2.24, 2.45) is 5.92 Å². The highest BCUT2D eigenvalue weighted by atomic mass is 16.5. The Labute approximate surface area is 173 Å². The van der Waals surface area contributed by atoms with Crippen molar-refractivity contribution >= 4 is 5.91 Å². The number of nitrogens with one attached hydrogen (secondary N) is 1. The Hall–Kier alpha value is -2.57. The summed E-state index contributed by atoms with van der Waals surface area (Å²) < 4.78 is 16.4. The predicted molar refractivity (Wildman–Crippen MR) is 111 cm³/mol. The van der Waals surface area contributed by atoms with Gasteiger partial charge in [0.2, 0.25) is 11.8 Å².